The van der Waals surface area contributed by atoms with Gasteiger partial charge in [0.1, 0.15) is 5.16 Å². The molecule has 10 heavy (non-hydrogen) atoms. The van der Waals surface area contributed by atoms with Crippen molar-refractivity contribution in [1.29, 1.82) is 0 Å². The van der Waals surface area contributed by atoms with Gasteiger partial charge in [-0.15, -0.1) is 11.6 Å². The number of hydrogen-bond acceptors (Lipinski definition) is 1. The third-order valence-electron chi connectivity index (χ3n) is 0.784. The molecule has 0 aromatic rings. The largest absolute Gasteiger partial charge is 0.245 e. The van der Waals surface area contributed by atoms with Gasteiger partial charge in [-0.25, -0.2) is 4.99 Å². The molecule has 0 amide bonds. The van der Waals surface area contributed by atoms with E-state index in [0.29, 0.717) is 5.88 Å². The summed E-state index contributed by atoms with van der Waals surface area (Å²) in [7, 11) is 0. The van der Waals surface area contributed by atoms with Gasteiger partial charge < -0.3 is 0 Å². The van der Waals surface area contributed by atoms with Crippen LogP contribution in [0.15, 0.2) is 28.4 Å². The van der Waals surface area contributed by atoms with Crippen molar-refractivity contribution in [3.8, 4) is 0 Å². The number of halogens is 2. The van der Waals surface area contributed by atoms with Gasteiger partial charge in [-0.1, -0.05) is 23.8 Å². The molecule has 0 spiro atoms. The van der Waals surface area contributed by atoms with Crippen molar-refractivity contribution in [2.24, 2.45) is 4.99 Å². The van der Waals surface area contributed by atoms with Gasteiger partial charge in [0.15, 0.2) is 0 Å². The van der Waals surface area contributed by atoms with E-state index in [-0.39, 0.29) is 5.16 Å². The highest BCUT2D eigenvalue weighted by Gasteiger charge is 1.80. The summed E-state index contributed by atoms with van der Waals surface area (Å²) in [4.78, 5) is 3.72. The van der Waals surface area contributed by atoms with Crippen molar-refractivity contribution >= 4 is 29.4 Å². The molecule has 0 aliphatic carbocycles. The van der Waals surface area contributed by atoms with Gasteiger partial charge in [0, 0.05) is 12.1 Å². The molecule has 56 valence electrons. The molecule has 3 heteroatoms. The third-order valence-corrected chi connectivity index (χ3v) is 1.30. The molecule has 0 aromatic heterocycles. The molecule has 0 aliphatic rings. The van der Waals surface area contributed by atoms with E-state index in [4.69, 9.17) is 23.2 Å². The second-order valence-corrected chi connectivity index (χ2v) is 2.50. The molecule has 0 unspecified atom stereocenters. The molecule has 0 radical (unpaired) electrons. The zero-order valence-corrected chi connectivity index (χ0v) is 7.28. The molecule has 0 N–H and O–H groups in total. The zero-order valence-electron chi connectivity index (χ0n) is 5.77. The van der Waals surface area contributed by atoms with Gasteiger partial charge in [-0.05, 0) is 13.0 Å². The number of allylic oxidation sites excluding steroid dienone is 2. The third kappa shape index (κ3) is 5.86. The van der Waals surface area contributed by atoms with Crippen LogP contribution in [0, 0.1) is 0 Å². The smallest absolute Gasteiger partial charge is 0.121 e. The second-order valence-electron chi connectivity index (χ2n) is 1.80. The van der Waals surface area contributed by atoms with Crippen LogP contribution >= 0.6 is 23.2 Å². The van der Waals surface area contributed by atoms with Crippen molar-refractivity contribution in [3.63, 3.8) is 0 Å². The van der Waals surface area contributed by atoms with Crippen LogP contribution in [-0.2, 0) is 0 Å². The maximum Gasteiger partial charge on any atom is 0.121 e. The predicted octanol–water partition coefficient (Wildman–Crippen LogP) is 2.95. The Morgan fingerprint density at radius 1 is 1.70 bits per heavy atom. The fourth-order valence-corrected chi connectivity index (χ4v) is 0.435. The van der Waals surface area contributed by atoms with Crippen molar-refractivity contribution in [2.75, 3.05) is 5.88 Å². The van der Waals surface area contributed by atoms with Gasteiger partial charge in [-0.3, -0.25) is 0 Å². The monoisotopic (exact) mass is 177 g/mol. The molecule has 0 heterocycles. The minimum atomic E-state index is 0.277. The Labute approximate surface area is 71.1 Å². The number of rotatable bonds is 3. The van der Waals surface area contributed by atoms with Crippen LogP contribution in [0.3, 0.4) is 0 Å². The lowest BCUT2D eigenvalue weighted by atomic mass is 10.3. The van der Waals surface area contributed by atoms with Crippen LogP contribution in [-0.4, -0.2) is 12.1 Å². The highest BCUT2D eigenvalue weighted by molar-refractivity contribution is 6.29. The van der Waals surface area contributed by atoms with E-state index < -0.39 is 0 Å². The van der Waals surface area contributed by atoms with E-state index in [1.807, 2.05) is 6.92 Å². The van der Waals surface area contributed by atoms with Gasteiger partial charge in [0.25, 0.3) is 0 Å². The summed E-state index contributed by atoms with van der Waals surface area (Å²) in [6.45, 7) is 5.30. The van der Waals surface area contributed by atoms with Crippen LogP contribution in [0.2, 0.25) is 0 Å². The first-order valence-corrected chi connectivity index (χ1v) is 3.68. The van der Waals surface area contributed by atoms with E-state index in [9.17, 15) is 0 Å². The standard InChI is InChI=1S/C7H9Cl2N/c1-6(5-8)3-4-10-7(2)9/h3-4H,2,5H2,1H3/b6-3+,10-4?. The van der Waals surface area contributed by atoms with E-state index in [0.717, 1.165) is 5.57 Å². The lowest BCUT2D eigenvalue weighted by Gasteiger charge is -1.86. The van der Waals surface area contributed by atoms with Crippen LogP contribution in [0.25, 0.3) is 0 Å². The maximum absolute atomic E-state index is 5.48. The van der Waals surface area contributed by atoms with Crippen molar-refractivity contribution in [1.82, 2.24) is 0 Å². The Morgan fingerprint density at radius 3 is 2.70 bits per heavy atom. The highest BCUT2D eigenvalue weighted by atomic mass is 35.5. The van der Waals surface area contributed by atoms with Gasteiger partial charge >= 0.3 is 0 Å². The normalized spacial score (nSPS) is 12.5. The van der Waals surface area contributed by atoms with Crippen LogP contribution in [0.4, 0.5) is 0 Å². The molecule has 0 saturated heterocycles. The first kappa shape index (κ1) is 9.73. The summed E-state index contributed by atoms with van der Waals surface area (Å²) in [5.74, 6) is 0.515. The van der Waals surface area contributed by atoms with E-state index in [1.54, 1.807) is 12.3 Å². The highest BCUT2D eigenvalue weighted by Crippen LogP contribution is 1.97. The molecule has 0 fully saturated rings. The van der Waals surface area contributed by atoms with Crippen LogP contribution in [0.1, 0.15) is 6.92 Å². The zero-order chi connectivity index (χ0) is 7.98. The minimum absolute atomic E-state index is 0.277. The van der Waals surface area contributed by atoms with Crippen molar-refractivity contribution in [3.05, 3.63) is 23.4 Å². The molecule has 0 saturated carbocycles. The SMILES string of the molecule is C=C(Cl)N=C/C=C(\C)CCl. The summed E-state index contributed by atoms with van der Waals surface area (Å²) in [5.41, 5.74) is 1.04. The first-order valence-electron chi connectivity index (χ1n) is 2.77. The average Bonchev–Trinajstić information content (AvgIpc) is 1.87. The summed E-state index contributed by atoms with van der Waals surface area (Å²) >= 11 is 10.8. The fraction of sp³-hybridized carbons (Fsp3) is 0.286. The van der Waals surface area contributed by atoms with E-state index in [2.05, 4.69) is 11.6 Å². The van der Waals surface area contributed by atoms with Crippen molar-refractivity contribution in [2.45, 2.75) is 6.92 Å². The Bertz CT molecular complexity index is 170. The Morgan fingerprint density at radius 2 is 2.30 bits per heavy atom. The Hall–Kier alpha value is -0.270. The van der Waals surface area contributed by atoms with Gasteiger partial charge in [-0.2, -0.15) is 0 Å². The van der Waals surface area contributed by atoms with Crippen LogP contribution in [0.5, 0.6) is 0 Å². The van der Waals surface area contributed by atoms with E-state index >= 15 is 0 Å². The Balaban J connectivity index is 3.82. The topological polar surface area (TPSA) is 12.4 Å². The van der Waals surface area contributed by atoms with Crippen molar-refractivity contribution < 1.29 is 0 Å². The number of hydrogen-bond donors (Lipinski definition) is 0. The molecule has 0 bridgehead atoms. The summed E-state index contributed by atoms with van der Waals surface area (Å²) < 4.78 is 0. The average molecular weight is 178 g/mol. The molecule has 1 nitrogen and oxygen atoms in total. The van der Waals surface area contributed by atoms with Gasteiger partial charge in [0.2, 0.25) is 0 Å². The summed E-state index contributed by atoms with van der Waals surface area (Å²) in [5, 5.41) is 0.277. The Kier molecular flexibility index (Phi) is 5.36. The molecular weight excluding hydrogens is 169 g/mol. The molecule has 0 atom stereocenters. The summed E-state index contributed by atoms with van der Waals surface area (Å²) in [6, 6.07) is 0. The first-order chi connectivity index (χ1) is 4.66. The van der Waals surface area contributed by atoms with Gasteiger partial charge in [0.05, 0.1) is 0 Å². The minimum Gasteiger partial charge on any atom is -0.245 e. The quantitative estimate of drug-likeness (QED) is 0.358. The lowest BCUT2D eigenvalue weighted by Crippen LogP contribution is -1.76. The summed E-state index contributed by atoms with van der Waals surface area (Å²) in [6.07, 6.45) is 3.37. The maximum atomic E-state index is 5.48. The number of alkyl halides is 1. The van der Waals surface area contributed by atoms with Crippen LogP contribution < -0.4 is 0 Å². The number of aliphatic imine (C=N–C) groups is 1. The van der Waals surface area contributed by atoms with E-state index in [1.165, 1.54) is 0 Å². The second kappa shape index (κ2) is 5.51. The molecule has 0 rings (SSSR count). The predicted molar refractivity (Wildman–Crippen MR) is 48.0 cm³/mol. The molecule has 0 aromatic carbocycles. The lowest BCUT2D eigenvalue weighted by molar-refractivity contribution is 1.41. The fourth-order valence-electron chi connectivity index (χ4n) is 0.290. The molecule has 0 aliphatic heterocycles. The number of nitrogens with zero attached hydrogens (tertiary/aromatic N) is 1. The molecular formula is C7H9Cl2N.